The van der Waals surface area contributed by atoms with Crippen molar-refractivity contribution < 1.29 is 38.2 Å². The number of aliphatic hydroxyl groups is 2. The smallest absolute Gasteiger partial charge is 0.387 e. The van der Waals surface area contributed by atoms with Crippen LogP contribution >= 0.6 is 7.82 Å². The number of nitrogens with two attached hydrogens (primary N) is 1. The summed E-state index contributed by atoms with van der Waals surface area (Å²) in [6.07, 6.45) is 14.9. The second-order valence-electron chi connectivity index (χ2n) is 11.4. The molecular weight excluding hydrogens is 589 g/mol. The van der Waals surface area contributed by atoms with Crippen molar-refractivity contribution in [3.63, 3.8) is 0 Å². The Morgan fingerprint density at radius 2 is 1.59 bits per heavy atom. The van der Waals surface area contributed by atoms with E-state index in [1.807, 2.05) is 0 Å². The molecule has 5 N–H and O–H groups in total. The van der Waals surface area contributed by atoms with E-state index in [9.17, 15) is 19.7 Å². The highest BCUT2D eigenvalue weighted by Crippen LogP contribution is 2.46. The molecular formula is C30H52N5O8P. The van der Waals surface area contributed by atoms with Crippen LogP contribution in [0.15, 0.2) is 23.5 Å². The molecule has 44 heavy (non-hydrogen) atoms. The number of phosphoric ester groups is 1. The normalized spacial score (nSPS) is 23.3. The maximum atomic E-state index is 12.4. The number of fused-ring (bicyclic) bond motifs is 1. The zero-order valence-electron chi connectivity index (χ0n) is 26.1. The number of nitrogens with zero attached hydrogens (tertiary/aromatic N) is 4. The predicted molar refractivity (Wildman–Crippen MR) is 168 cm³/mol. The largest absolute Gasteiger partial charge is 0.472 e. The van der Waals surface area contributed by atoms with Gasteiger partial charge in [0, 0.05) is 6.61 Å². The van der Waals surface area contributed by atoms with E-state index in [1.54, 1.807) is 12.1 Å². The van der Waals surface area contributed by atoms with Gasteiger partial charge in [-0.3, -0.25) is 14.0 Å². The first kappa shape index (κ1) is 36.5. The third-order valence-electron chi connectivity index (χ3n) is 8.05. The van der Waals surface area contributed by atoms with Gasteiger partial charge < -0.3 is 30.3 Å². The second-order valence-corrected chi connectivity index (χ2v) is 12.9. The monoisotopic (exact) mass is 641 g/mol. The minimum absolute atomic E-state index is 0.140. The van der Waals surface area contributed by atoms with Crippen LogP contribution in [0.3, 0.4) is 0 Å². The topological polar surface area (TPSA) is 183 Å². The first-order chi connectivity index (χ1) is 21.3. The Morgan fingerprint density at radius 3 is 2.20 bits per heavy atom. The van der Waals surface area contributed by atoms with Crippen LogP contribution in [0, 0.1) is 0 Å². The molecule has 0 bridgehead atoms. The molecule has 0 saturated carbocycles. The highest BCUT2D eigenvalue weighted by Gasteiger charge is 2.57. The molecule has 3 rings (SSSR count). The van der Waals surface area contributed by atoms with Crippen molar-refractivity contribution in [3.05, 3.63) is 24.2 Å². The molecule has 1 unspecified atom stereocenters. The number of hydrogen-bond acceptors (Lipinski definition) is 11. The van der Waals surface area contributed by atoms with Crippen molar-refractivity contribution >= 4 is 25.9 Å². The maximum absolute atomic E-state index is 12.4. The molecule has 3 heterocycles. The van der Waals surface area contributed by atoms with Crippen molar-refractivity contribution in [1.82, 2.24) is 14.6 Å². The molecule has 0 spiro atoms. The zero-order valence-corrected chi connectivity index (χ0v) is 27.0. The lowest BCUT2D eigenvalue weighted by molar-refractivity contribution is -0.0948. The van der Waals surface area contributed by atoms with E-state index in [1.165, 1.54) is 87.9 Å². The standard InChI is InChI=1S/C30H52N5O8P/c1-3-4-5-6-7-8-9-10-11-12-13-14-15-16-19-40-20-21-41-44(38,39)42-22-25-27(36)28(37)30(32-2,43-25)26-18-17-24-29(31)33-23-34-35(24)26/h17-18,23,25,27-28,36-37H,2-16,19-22H2,1H3,(H,38,39)(H2,31,33,34)/t25-,27-,28-,30+/m1/s1. The van der Waals surface area contributed by atoms with Crippen LogP contribution in [0.5, 0.6) is 0 Å². The molecule has 250 valence electrons. The van der Waals surface area contributed by atoms with Crippen LogP contribution in [0.25, 0.3) is 5.52 Å². The Bertz CT molecular complexity index is 1170. The second kappa shape index (κ2) is 18.9. The number of aliphatic imine (C=N–C) groups is 1. The summed E-state index contributed by atoms with van der Waals surface area (Å²) in [4.78, 5) is 18.0. The quantitative estimate of drug-likeness (QED) is 0.0693. The summed E-state index contributed by atoms with van der Waals surface area (Å²) in [5, 5.41) is 25.6. The number of phosphoric acid groups is 1. The summed E-state index contributed by atoms with van der Waals surface area (Å²) >= 11 is 0. The number of nitrogen functional groups attached to an aromatic ring is 1. The molecule has 2 aromatic rings. The van der Waals surface area contributed by atoms with Crippen LogP contribution in [0.4, 0.5) is 5.82 Å². The third-order valence-corrected chi connectivity index (χ3v) is 9.03. The van der Waals surface area contributed by atoms with Crippen LogP contribution in [-0.4, -0.2) is 81.2 Å². The number of aliphatic hydroxyl groups excluding tert-OH is 2. The van der Waals surface area contributed by atoms with Gasteiger partial charge in [0.2, 0.25) is 5.72 Å². The average Bonchev–Trinajstić information content (AvgIpc) is 3.56. The van der Waals surface area contributed by atoms with Crippen LogP contribution < -0.4 is 5.73 Å². The Labute approximate surface area is 260 Å². The van der Waals surface area contributed by atoms with E-state index in [0.717, 1.165) is 12.8 Å². The Kier molecular flexibility index (Phi) is 15.7. The third kappa shape index (κ3) is 10.6. The number of unbranched alkanes of at least 4 members (excludes halogenated alkanes) is 13. The van der Waals surface area contributed by atoms with Crippen molar-refractivity contribution in [2.24, 2.45) is 4.99 Å². The average molecular weight is 642 g/mol. The summed E-state index contributed by atoms with van der Waals surface area (Å²) in [5.41, 5.74) is 4.74. The van der Waals surface area contributed by atoms with E-state index in [0.29, 0.717) is 12.1 Å². The number of aromatic nitrogens is 3. The van der Waals surface area contributed by atoms with Crippen molar-refractivity contribution in [2.75, 3.05) is 32.2 Å². The van der Waals surface area contributed by atoms with Gasteiger partial charge in [-0.25, -0.2) is 14.1 Å². The first-order valence-electron chi connectivity index (χ1n) is 16.1. The molecule has 13 nitrogen and oxygen atoms in total. The van der Waals surface area contributed by atoms with E-state index in [-0.39, 0.29) is 24.7 Å². The number of anilines is 1. The maximum Gasteiger partial charge on any atom is 0.472 e. The fraction of sp³-hybridized carbons (Fsp3) is 0.767. The van der Waals surface area contributed by atoms with E-state index in [2.05, 4.69) is 28.7 Å². The highest BCUT2D eigenvalue weighted by atomic mass is 31.2. The molecule has 2 aromatic heterocycles. The number of rotatable bonds is 24. The molecule has 1 aliphatic rings. The van der Waals surface area contributed by atoms with Crippen molar-refractivity contribution in [1.29, 1.82) is 0 Å². The van der Waals surface area contributed by atoms with E-state index in [4.69, 9.17) is 24.3 Å². The van der Waals surface area contributed by atoms with Gasteiger partial charge >= 0.3 is 7.82 Å². The van der Waals surface area contributed by atoms with Crippen LogP contribution in [0.2, 0.25) is 0 Å². The predicted octanol–water partition coefficient (Wildman–Crippen LogP) is 4.92. The Balaban J connectivity index is 1.25. The Hall–Kier alpha value is -1.96. The SMILES string of the molecule is C=N[C@@]1(c2ccc3c(N)ncnn23)O[C@H](COP(=O)(O)OCCOCCCCCCCCCCCCCCCC)[C@@H](O)[C@H]1O. The molecule has 0 amide bonds. The lowest BCUT2D eigenvalue weighted by Gasteiger charge is -2.27. The molecule has 1 fully saturated rings. The van der Waals surface area contributed by atoms with Crippen LogP contribution in [0.1, 0.15) is 103 Å². The molecule has 1 aliphatic heterocycles. The van der Waals surface area contributed by atoms with E-state index < -0.39 is 38.5 Å². The molecule has 0 radical (unpaired) electrons. The summed E-state index contributed by atoms with van der Waals surface area (Å²) in [7, 11) is -4.48. The Morgan fingerprint density at radius 1 is 0.977 bits per heavy atom. The molecule has 0 aromatic carbocycles. The lowest BCUT2D eigenvalue weighted by atomic mass is 10.0. The molecule has 14 heteroatoms. The summed E-state index contributed by atoms with van der Waals surface area (Å²) in [5.74, 6) is 0.195. The van der Waals surface area contributed by atoms with Crippen LogP contribution in [-0.2, 0) is 28.8 Å². The van der Waals surface area contributed by atoms with Gasteiger partial charge in [0.25, 0.3) is 0 Å². The van der Waals surface area contributed by atoms with Gasteiger partial charge in [-0.05, 0) is 25.3 Å². The number of hydrogen-bond donors (Lipinski definition) is 4. The lowest BCUT2D eigenvalue weighted by Crippen LogP contribution is -2.40. The summed E-state index contributed by atoms with van der Waals surface area (Å²) in [6.45, 7) is 5.78. The minimum Gasteiger partial charge on any atom is -0.387 e. The van der Waals surface area contributed by atoms with Gasteiger partial charge in [0.15, 0.2) is 5.82 Å². The molecule has 1 saturated heterocycles. The summed E-state index contributed by atoms with van der Waals surface area (Å²) < 4.78 is 35.2. The fourth-order valence-corrected chi connectivity index (χ4v) is 6.22. The zero-order chi connectivity index (χ0) is 31.8. The van der Waals surface area contributed by atoms with E-state index >= 15 is 0 Å². The van der Waals surface area contributed by atoms with Gasteiger partial charge in [-0.1, -0.05) is 90.4 Å². The van der Waals surface area contributed by atoms with Crippen molar-refractivity contribution in [3.8, 4) is 0 Å². The summed E-state index contributed by atoms with van der Waals surface area (Å²) in [6, 6.07) is 3.17. The fourth-order valence-electron chi connectivity index (χ4n) is 5.50. The number of ether oxygens (including phenoxy) is 2. The van der Waals surface area contributed by atoms with Gasteiger partial charge in [0.1, 0.15) is 35.8 Å². The van der Waals surface area contributed by atoms with Gasteiger partial charge in [-0.15, -0.1) is 0 Å². The van der Waals surface area contributed by atoms with Gasteiger partial charge in [0.05, 0.1) is 19.8 Å². The molecule has 0 aliphatic carbocycles. The van der Waals surface area contributed by atoms with Gasteiger partial charge in [-0.2, -0.15) is 5.10 Å². The highest BCUT2D eigenvalue weighted by molar-refractivity contribution is 7.47. The first-order valence-corrected chi connectivity index (χ1v) is 17.6. The molecule has 5 atom stereocenters. The van der Waals surface area contributed by atoms with Crippen molar-refractivity contribution in [2.45, 2.75) is 121 Å². The minimum atomic E-state index is -4.48.